The van der Waals surface area contributed by atoms with Crippen molar-refractivity contribution in [3.8, 4) is 0 Å². The van der Waals surface area contributed by atoms with Gasteiger partial charge in [-0.1, -0.05) is 25.5 Å². The maximum atomic E-state index is 12.2. The van der Waals surface area contributed by atoms with Gasteiger partial charge in [-0.3, -0.25) is 14.4 Å². The fraction of sp³-hybridized carbons (Fsp3) is 0.500. The van der Waals surface area contributed by atoms with Gasteiger partial charge in [0.15, 0.2) is 0 Å². The van der Waals surface area contributed by atoms with Crippen LogP contribution in [0.25, 0.3) is 0 Å². The van der Waals surface area contributed by atoms with Gasteiger partial charge < -0.3 is 15.3 Å². The third-order valence-corrected chi connectivity index (χ3v) is 5.00. The number of carboxylic acid groups (broad SMARTS) is 1. The van der Waals surface area contributed by atoms with E-state index in [1.807, 2.05) is 24.3 Å². The van der Waals surface area contributed by atoms with Crippen molar-refractivity contribution in [2.45, 2.75) is 26.2 Å². The van der Waals surface area contributed by atoms with Crippen molar-refractivity contribution in [1.29, 1.82) is 0 Å². The molecule has 6 nitrogen and oxygen atoms in total. The molecule has 136 valence electrons. The molecule has 0 saturated carbocycles. The Morgan fingerprint density at radius 3 is 2.68 bits per heavy atom. The molecule has 1 aliphatic rings. The molecule has 1 heterocycles. The first kappa shape index (κ1) is 19.3. The van der Waals surface area contributed by atoms with E-state index in [1.54, 1.807) is 4.90 Å². The molecule has 0 bridgehead atoms. The van der Waals surface area contributed by atoms with E-state index in [1.165, 1.54) is 17.3 Å². The van der Waals surface area contributed by atoms with Gasteiger partial charge in [0.25, 0.3) is 0 Å². The molecule has 1 saturated heterocycles. The highest BCUT2D eigenvalue weighted by Crippen LogP contribution is 2.25. The molecule has 25 heavy (non-hydrogen) atoms. The number of rotatable bonds is 9. The van der Waals surface area contributed by atoms with Crippen LogP contribution in [-0.2, 0) is 20.8 Å². The lowest BCUT2D eigenvalue weighted by molar-refractivity contribution is -0.134. The standard InChI is InChI=1S/C18H24N2O4S/c1-2-3-13-4-6-15(7-5-13)20-11-14(10-16(20)21)18(24)19-8-9-25-12-17(22)23/h4-7,14H,2-3,8-12H2,1H3,(H,19,24)(H,22,23). The van der Waals surface area contributed by atoms with Gasteiger partial charge >= 0.3 is 5.97 Å². The predicted molar refractivity (Wildman–Crippen MR) is 98.9 cm³/mol. The molecule has 2 rings (SSSR count). The Hall–Kier alpha value is -2.02. The monoisotopic (exact) mass is 364 g/mol. The first-order chi connectivity index (χ1) is 12.0. The summed E-state index contributed by atoms with van der Waals surface area (Å²) < 4.78 is 0. The number of benzene rings is 1. The molecule has 1 aromatic rings. The van der Waals surface area contributed by atoms with E-state index in [9.17, 15) is 14.4 Å². The predicted octanol–water partition coefficient (Wildman–Crippen LogP) is 1.93. The second kappa shape index (κ2) is 9.46. The van der Waals surface area contributed by atoms with Crippen LogP contribution in [-0.4, -0.2) is 47.5 Å². The largest absolute Gasteiger partial charge is 0.481 e. The lowest BCUT2D eigenvalue weighted by Gasteiger charge is -2.17. The number of carbonyl (C=O) groups is 3. The Morgan fingerprint density at radius 1 is 1.32 bits per heavy atom. The van der Waals surface area contributed by atoms with E-state index in [2.05, 4.69) is 12.2 Å². The average molecular weight is 364 g/mol. The summed E-state index contributed by atoms with van der Waals surface area (Å²) in [6.45, 7) is 2.93. The van der Waals surface area contributed by atoms with E-state index in [0.717, 1.165) is 18.5 Å². The highest BCUT2D eigenvalue weighted by molar-refractivity contribution is 7.99. The van der Waals surface area contributed by atoms with Gasteiger partial charge in [0.1, 0.15) is 0 Å². The van der Waals surface area contributed by atoms with Gasteiger partial charge in [-0.25, -0.2) is 0 Å². The molecule has 0 radical (unpaired) electrons. The van der Waals surface area contributed by atoms with Crippen LogP contribution in [0.2, 0.25) is 0 Å². The number of hydrogen-bond acceptors (Lipinski definition) is 4. The van der Waals surface area contributed by atoms with E-state index in [0.29, 0.717) is 18.8 Å². The topological polar surface area (TPSA) is 86.7 Å². The number of nitrogens with one attached hydrogen (secondary N) is 1. The first-order valence-corrected chi connectivity index (χ1v) is 9.63. The Labute approximate surface area is 152 Å². The number of aliphatic carboxylic acids is 1. The number of carboxylic acids is 1. The number of thioether (sulfide) groups is 1. The molecule has 2 amide bonds. The Morgan fingerprint density at radius 2 is 2.04 bits per heavy atom. The summed E-state index contributed by atoms with van der Waals surface area (Å²) in [6, 6.07) is 7.93. The number of hydrogen-bond donors (Lipinski definition) is 2. The third kappa shape index (κ3) is 5.77. The number of carbonyl (C=O) groups excluding carboxylic acids is 2. The number of anilines is 1. The Kier molecular flexibility index (Phi) is 7.31. The van der Waals surface area contributed by atoms with Crippen molar-refractivity contribution in [1.82, 2.24) is 5.32 Å². The molecule has 2 N–H and O–H groups in total. The van der Waals surface area contributed by atoms with E-state index in [-0.39, 0.29) is 29.9 Å². The number of amides is 2. The highest BCUT2D eigenvalue weighted by atomic mass is 32.2. The zero-order valence-corrected chi connectivity index (χ0v) is 15.2. The van der Waals surface area contributed by atoms with Crippen molar-refractivity contribution in [2.75, 3.05) is 29.5 Å². The first-order valence-electron chi connectivity index (χ1n) is 8.47. The molecular formula is C18H24N2O4S. The second-order valence-corrected chi connectivity index (χ2v) is 7.16. The lowest BCUT2D eigenvalue weighted by Crippen LogP contribution is -2.34. The summed E-state index contributed by atoms with van der Waals surface area (Å²) in [5.41, 5.74) is 2.07. The molecule has 7 heteroatoms. The van der Waals surface area contributed by atoms with Crippen LogP contribution < -0.4 is 10.2 Å². The molecule has 1 aliphatic heterocycles. The summed E-state index contributed by atoms with van der Waals surface area (Å²) in [4.78, 5) is 36.5. The molecule has 1 atom stereocenters. The van der Waals surface area contributed by atoms with Crippen molar-refractivity contribution in [3.63, 3.8) is 0 Å². The minimum absolute atomic E-state index is 0.0274. The zero-order valence-electron chi connectivity index (χ0n) is 14.4. The SMILES string of the molecule is CCCc1ccc(N2CC(C(=O)NCCSCC(=O)O)CC2=O)cc1. The normalized spacial score (nSPS) is 16.9. The number of aryl methyl sites for hydroxylation is 1. The fourth-order valence-corrected chi connectivity index (χ4v) is 3.38. The van der Waals surface area contributed by atoms with Crippen molar-refractivity contribution >= 4 is 35.2 Å². The van der Waals surface area contributed by atoms with Gasteiger partial charge in [0.05, 0.1) is 11.7 Å². The maximum Gasteiger partial charge on any atom is 0.313 e. The minimum Gasteiger partial charge on any atom is -0.481 e. The van der Waals surface area contributed by atoms with Crippen molar-refractivity contribution in [3.05, 3.63) is 29.8 Å². The average Bonchev–Trinajstić information content (AvgIpc) is 2.97. The van der Waals surface area contributed by atoms with Crippen LogP contribution in [0.15, 0.2) is 24.3 Å². The van der Waals surface area contributed by atoms with Crippen LogP contribution >= 0.6 is 11.8 Å². The molecule has 1 fully saturated rings. The van der Waals surface area contributed by atoms with Gasteiger partial charge in [-0.05, 0) is 24.1 Å². The molecule has 0 aliphatic carbocycles. The molecule has 1 aromatic carbocycles. The minimum atomic E-state index is -0.863. The molecule has 1 unspecified atom stereocenters. The van der Waals surface area contributed by atoms with Crippen LogP contribution in [0.5, 0.6) is 0 Å². The maximum absolute atomic E-state index is 12.2. The highest BCUT2D eigenvalue weighted by Gasteiger charge is 2.34. The van der Waals surface area contributed by atoms with Crippen LogP contribution in [0.3, 0.4) is 0 Å². The molecular weight excluding hydrogens is 340 g/mol. The quantitative estimate of drug-likeness (QED) is 0.654. The summed E-state index contributed by atoms with van der Waals surface area (Å²) in [6.07, 6.45) is 2.30. The summed E-state index contributed by atoms with van der Waals surface area (Å²) >= 11 is 1.26. The Bertz CT molecular complexity index is 618. The van der Waals surface area contributed by atoms with E-state index < -0.39 is 5.97 Å². The third-order valence-electron chi connectivity index (χ3n) is 4.05. The van der Waals surface area contributed by atoms with Crippen LogP contribution in [0, 0.1) is 5.92 Å². The smallest absolute Gasteiger partial charge is 0.313 e. The van der Waals surface area contributed by atoms with Crippen LogP contribution in [0.1, 0.15) is 25.3 Å². The summed E-state index contributed by atoms with van der Waals surface area (Å²) in [5, 5.41) is 11.3. The number of nitrogens with zero attached hydrogens (tertiary/aromatic N) is 1. The van der Waals surface area contributed by atoms with E-state index >= 15 is 0 Å². The van der Waals surface area contributed by atoms with Crippen LogP contribution in [0.4, 0.5) is 5.69 Å². The van der Waals surface area contributed by atoms with Crippen molar-refractivity contribution < 1.29 is 19.5 Å². The molecule has 0 spiro atoms. The van der Waals surface area contributed by atoms with Crippen molar-refractivity contribution in [2.24, 2.45) is 5.92 Å². The fourth-order valence-electron chi connectivity index (χ4n) is 2.81. The zero-order chi connectivity index (χ0) is 18.2. The Balaban J connectivity index is 1.82. The second-order valence-electron chi connectivity index (χ2n) is 6.06. The van der Waals surface area contributed by atoms with Gasteiger partial charge in [0.2, 0.25) is 11.8 Å². The summed E-state index contributed by atoms with van der Waals surface area (Å²) in [5.74, 6) is -0.829. The summed E-state index contributed by atoms with van der Waals surface area (Å²) in [7, 11) is 0. The van der Waals surface area contributed by atoms with Gasteiger partial charge in [-0.2, -0.15) is 0 Å². The van der Waals surface area contributed by atoms with E-state index in [4.69, 9.17) is 5.11 Å². The van der Waals surface area contributed by atoms with Gasteiger partial charge in [-0.15, -0.1) is 11.8 Å². The molecule has 0 aromatic heterocycles. The lowest BCUT2D eigenvalue weighted by atomic mass is 10.1. The van der Waals surface area contributed by atoms with Gasteiger partial charge in [0, 0.05) is 31.0 Å².